The van der Waals surface area contributed by atoms with Crippen molar-refractivity contribution in [1.29, 1.82) is 0 Å². The Kier molecular flexibility index (Phi) is 5.17. The molecule has 0 bridgehead atoms. The maximum absolute atomic E-state index is 12.0. The lowest BCUT2D eigenvalue weighted by Crippen LogP contribution is -2.17. The van der Waals surface area contributed by atoms with Crippen molar-refractivity contribution >= 4 is 34.2 Å². The van der Waals surface area contributed by atoms with Crippen LogP contribution in [0.3, 0.4) is 0 Å². The third-order valence-corrected chi connectivity index (χ3v) is 3.15. The normalized spacial score (nSPS) is 11.6. The van der Waals surface area contributed by atoms with Gasteiger partial charge in [0.15, 0.2) is 0 Å². The summed E-state index contributed by atoms with van der Waals surface area (Å²) in [5.41, 5.74) is 0.822. The van der Waals surface area contributed by atoms with Crippen molar-refractivity contribution < 1.29 is 17.9 Å². The zero-order valence-electron chi connectivity index (χ0n) is 8.15. The van der Waals surface area contributed by atoms with E-state index in [0.29, 0.717) is 12.3 Å². The van der Waals surface area contributed by atoms with Gasteiger partial charge in [0, 0.05) is 9.45 Å². The Balaban J connectivity index is 2.81. The third-order valence-electron chi connectivity index (χ3n) is 1.83. The van der Waals surface area contributed by atoms with Crippen molar-refractivity contribution in [2.75, 3.05) is 5.88 Å². The summed E-state index contributed by atoms with van der Waals surface area (Å²) in [4.78, 5) is 0. The van der Waals surface area contributed by atoms with Crippen LogP contribution in [0.4, 0.5) is 13.2 Å². The summed E-state index contributed by atoms with van der Waals surface area (Å²) in [6, 6.07) is 4.31. The molecule has 0 aliphatic heterocycles. The molecule has 1 aromatic rings. The van der Waals surface area contributed by atoms with Crippen molar-refractivity contribution in [2.45, 2.75) is 19.2 Å². The van der Waals surface area contributed by atoms with Gasteiger partial charge in [0.2, 0.25) is 0 Å². The number of benzene rings is 1. The molecule has 0 atom stereocenters. The van der Waals surface area contributed by atoms with E-state index in [9.17, 15) is 13.2 Å². The maximum Gasteiger partial charge on any atom is 0.573 e. The Morgan fingerprint density at radius 2 is 2.00 bits per heavy atom. The third kappa shape index (κ3) is 4.78. The maximum atomic E-state index is 12.0. The van der Waals surface area contributed by atoms with Gasteiger partial charge in [0.05, 0.1) is 0 Å². The van der Waals surface area contributed by atoms with Gasteiger partial charge in [-0.3, -0.25) is 0 Å². The lowest BCUT2D eigenvalue weighted by atomic mass is 10.1. The number of rotatable bonds is 4. The van der Waals surface area contributed by atoms with Crippen molar-refractivity contribution in [3.63, 3.8) is 0 Å². The molecule has 0 saturated carbocycles. The fourth-order valence-electron chi connectivity index (χ4n) is 1.20. The highest BCUT2D eigenvalue weighted by Gasteiger charge is 2.31. The Bertz CT molecular complexity index is 354. The summed E-state index contributed by atoms with van der Waals surface area (Å²) in [5.74, 6) is 0.304. The first-order valence-corrected chi connectivity index (χ1v) is 6.14. The van der Waals surface area contributed by atoms with E-state index in [1.165, 1.54) is 12.1 Å². The van der Waals surface area contributed by atoms with Gasteiger partial charge < -0.3 is 4.74 Å². The molecule has 0 aliphatic carbocycles. The molecule has 1 rings (SSSR count). The summed E-state index contributed by atoms with van der Waals surface area (Å²) in [7, 11) is 0. The van der Waals surface area contributed by atoms with Crippen LogP contribution in [0.1, 0.15) is 12.0 Å². The largest absolute Gasteiger partial charge is 0.573 e. The van der Waals surface area contributed by atoms with Gasteiger partial charge >= 0.3 is 6.36 Å². The van der Waals surface area contributed by atoms with Crippen molar-refractivity contribution in [1.82, 2.24) is 0 Å². The van der Waals surface area contributed by atoms with Crippen LogP contribution in [0, 0.1) is 3.57 Å². The predicted molar refractivity (Wildman–Crippen MR) is 64.9 cm³/mol. The zero-order valence-corrected chi connectivity index (χ0v) is 11.1. The SMILES string of the molecule is FC(F)(F)Oc1ccc(I)c(CCCCl)c1. The summed E-state index contributed by atoms with van der Waals surface area (Å²) >= 11 is 7.61. The molecule has 0 radical (unpaired) electrons. The first-order chi connectivity index (χ1) is 7.42. The van der Waals surface area contributed by atoms with Crippen LogP contribution in [0.5, 0.6) is 5.75 Å². The van der Waals surface area contributed by atoms with Crippen molar-refractivity contribution in [2.24, 2.45) is 0 Å². The van der Waals surface area contributed by atoms with Crippen LogP contribution in [-0.2, 0) is 6.42 Å². The predicted octanol–water partition coefficient (Wildman–Crippen LogP) is 4.36. The topological polar surface area (TPSA) is 9.23 Å². The van der Waals surface area contributed by atoms with Crippen LogP contribution in [-0.4, -0.2) is 12.2 Å². The monoisotopic (exact) mass is 364 g/mol. The van der Waals surface area contributed by atoms with Crippen molar-refractivity contribution in [3.8, 4) is 5.75 Å². The molecule has 0 saturated heterocycles. The number of aryl methyl sites for hydroxylation is 1. The summed E-state index contributed by atoms with van der Waals surface area (Å²) in [5, 5.41) is 0. The molecule has 0 spiro atoms. The minimum atomic E-state index is -4.64. The molecule has 0 N–H and O–H groups in total. The van der Waals surface area contributed by atoms with Gasteiger partial charge in [-0.2, -0.15) is 0 Å². The highest BCUT2D eigenvalue weighted by Crippen LogP contribution is 2.26. The van der Waals surface area contributed by atoms with E-state index in [1.54, 1.807) is 6.07 Å². The van der Waals surface area contributed by atoms with E-state index in [-0.39, 0.29) is 5.75 Å². The number of alkyl halides is 4. The van der Waals surface area contributed by atoms with E-state index in [1.807, 2.05) is 0 Å². The van der Waals surface area contributed by atoms with Gasteiger partial charge in [-0.25, -0.2) is 0 Å². The average molecular weight is 365 g/mol. The Morgan fingerprint density at radius 1 is 1.31 bits per heavy atom. The molecule has 0 unspecified atom stereocenters. The smallest absolute Gasteiger partial charge is 0.406 e. The van der Waals surface area contributed by atoms with Crippen LogP contribution in [0.25, 0.3) is 0 Å². The Morgan fingerprint density at radius 3 is 2.56 bits per heavy atom. The number of ether oxygens (including phenoxy) is 1. The lowest BCUT2D eigenvalue weighted by Gasteiger charge is -2.11. The van der Waals surface area contributed by atoms with E-state index in [0.717, 1.165) is 15.6 Å². The molecule has 0 amide bonds. The number of hydrogen-bond acceptors (Lipinski definition) is 1. The fraction of sp³-hybridized carbons (Fsp3) is 0.400. The standard InChI is InChI=1S/C10H9ClF3IO/c11-5-1-2-7-6-8(3-4-9(7)15)16-10(12,13)14/h3-4,6H,1-2,5H2. The quantitative estimate of drug-likeness (QED) is 0.570. The fourth-order valence-corrected chi connectivity index (χ4v) is 1.94. The highest BCUT2D eigenvalue weighted by molar-refractivity contribution is 14.1. The van der Waals surface area contributed by atoms with E-state index >= 15 is 0 Å². The van der Waals surface area contributed by atoms with E-state index in [2.05, 4.69) is 27.3 Å². The van der Waals surface area contributed by atoms with E-state index < -0.39 is 6.36 Å². The van der Waals surface area contributed by atoms with Gasteiger partial charge in [0.1, 0.15) is 5.75 Å². The molecular weight excluding hydrogens is 355 g/mol. The highest BCUT2D eigenvalue weighted by atomic mass is 127. The zero-order chi connectivity index (χ0) is 12.2. The number of hydrogen-bond donors (Lipinski definition) is 0. The van der Waals surface area contributed by atoms with Crippen LogP contribution in [0.2, 0.25) is 0 Å². The minimum Gasteiger partial charge on any atom is -0.406 e. The first kappa shape index (κ1) is 13.9. The molecule has 6 heteroatoms. The van der Waals surface area contributed by atoms with Crippen LogP contribution < -0.4 is 4.74 Å². The molecule has 90 valence electrons. The minimum absolute atomic E-state index is 0.183. The van der Waals surface area contributed by atoms with E-state index in [4.69, 9.17) is 11.6 Å². The van der Waals surface area contributed by atoms with Gasteiger partial charge in [0.25, 0.3) is 0 Å². The molecular formula is C10H9ClF3IO. The molecule has 1 aromatic carbocycles. The molecule has 0 aliphatic rings. The molecule has 0 aromatic heterocycles. The lowest BCUT2D eigenvalue weighted by molar-refractivity contribution is -0.274. The summed E-state index contributed by atoms with van der Waals surface area (Å²) < 4.78 is 40.7. The molecule has 16 heavy (non-hydrogen) atoms. The van der Waals surface area contributed by atoms with Crippen LogP contribution in [0.15, 0.2) is 18.2 Å². The average Bonchev–Trinajstić information content (AvgIpc) is 2.17. The van der Waals surface area contributed by atoms with Gasteiger partial charge in [-0.15, -0.1) is 24.8 Å². The molecule has 0 fully saturated rings. The first-order valence-electron chi connectivity index (χ1n) is 4.52. The number of halogens is 5. The Hall–Kier alpha value is -0.170. The summed E-state index contributed by atoms with van der Waals surface area (Å²) in [6.45, 7) is 0. The van der Waals surface area contributed by atoms with Gasteiger partial charge in [-0.1, -0.05) is 0 Å². The second-order valence-corrected chi connectivity index (χ2v) is 4.63. The molecule has 0 heterocycles. The summed E-state index contributed by atoms with van der Waals surface area (Å²) in [6.07, 6.45) is -3.26. The second kappa shape index (κ2) is 5.95. The van der Waals surface area contributed by atoms with Gasteiger partial charge in [-0.05, 0) is 59.2 Å². The Labute approximate surface area is 110 Å². The second-order valence-electron chi connectivity index (χ2n) is 3.09. The van der Waals surface area contributed by atoms with Crippen LogP contribution >= 0.6 is 34.2 Å². The molecule has 1 nitrogen and oxygen atoms in total. The van der Waals surface area contributed by atoms with Crippen molar-refractivity contribution in [3.05, 3.63) is 27.3 Å².